The highest BCUT2D eigenvalue weighted by Crippen LogP contribution is 2.23. The van der Waals surface area contributed by atoms with E-state index in [0.717, 1.165) is 31.4 Å². The Morgan fingerprint density at radius 1 is 1.14 bits per heavy atom. The molecule has 0 atom stereocenters. The highest BCUT2D eigenvalue weighted by Gasteiger charge is 2.32. The van der Waals surface area contributed by atoms with Crippen molar-refractivity contribution >= 4 is 5.96 Å². The highest BCUT2D eigenvalue weighted by molar-refractivity contribution is 5.79. The van der Waals surface area contributed by atoms with E-state index in [9.17, 15) is 22.0 Å². The second-order valence-corrected chi connectivity index (χ2v) is 7.03. The fourth-order valence-corrected chi connectivity index (χ4v) is 3.35. The molecule has 158 valence electrons. The van der Waals surface area contributed by atoms with Gasteiger partial charge in [0, 0.05) is 20.1 Å². The highest BCUT2D eigenvalue weighted by atomic mass is 19.4. The van der Waals surface area contributed by atoms with E-state index in [2.05, 4.69) is 15.6 Å². The molecule has 0 spiro atoms. The third-order valence-corrected chi connectivity index (χ3v) is 4.87. The summed E-state index contributed by atoms with van der Waals surface area (Å²) in [4.78, 5) is 5.54. The van der Waals surface area contributed by atoms with E-state index in [1.807, 2.05) is 0 Å². The predicted octanol–water partition coefficient (Wildman–Crippen LogP) is 3.34. The first kappa shape index (κ1) is 22.4. The molecule has 1 aromatic rings. The summed E-state index contributed by atoms with van der Waals surface area (Å²) in [5.41, 5.74) is 0.300. The molecule has 1 fully saturated rings. The molecule has 0 aromatic heterocycles. The van der Waals surface area contributed by atoms with Crippen molar-refractivity contribution in [2.24, 2.45) is 10.9 Å². The van der Waals surface area contributed by atoms with Crippen molar-refractivity contribution in [3.8, 4) is 0 Å². The van der Waals surface area contributed by atoms with Crippen molar-refractivity contribution in [1.82, 2.24) is 15.5 Å². The zero-order valence-electron chi connectivity index (χ0n) is 16.0. The molecule has 0 saturated carbocycles. The van der Waals surface area contributed by atoms with Gasteiger partial charge in [-0.15, -0.1) is 0 Å². The number of nitrogens with zero attached hydrogens (tertiary/aromatic N) is 2. The topological polar surface area (TPSA) is 39.7 Å². The van der Waals surface area contributed by atoms with E-state index in [-0.39, 0.29) is 0 Å². The number of piperidine rings is 1. The molecule has 1 saturated heterocycles. The number of likely N-dealkylation sites (tertiary alicyclic amines) is 1. The molecule has 9 heteroatoms. The normalized spacial score (nSPS) is 17.0. The number of aliphatic imine (C=N–C) groups is 1. The van der Waals surface area contributed by atoms with Crippen LogP contribution in [0.3, 0.4) is 0 Å². The third-order valence-electron chi connectivity index (χ3n) is 4.87. The zero-order chi connectivity index (χ0) is 20.6. The smallest absolute Gasteiger partial charge is 0.356 e. The minimum atomic E-state index is -4.14. The molecule has 0 unspecified atom stereocenters. The van der Waals surface area contributed by atoms with Gasteiger partial charge in [-0.3, -0.25) is 9.89 Å². The Bertz CT molecular complexity index is 640. The number of guanidine groups is 1. The van der Waals surface area contributed by atoms with Crippen LogP contribution in [0.4, 0.5) is 22.0 Å². The molecule has 0 radical (unpaired) electrons. The van der Waals surface area contributed by atoms with Crippen molar-refractivity contribution < 1.29 is 22.0 Å². The Kier molecular flexibility index (Phi) is 8.47. The quantitative estimate of drug-likeness (QED) is 0.415. The zero-order valence-corrected chi connectivity index (χ0v) is 16.0. The van der Waals surface area contributed by atoms with Gasteiger partial charge in [0.2, 0.25) is 0 Å². The van der Waals surface area contributed by atoms with Gasteiger partial charge in [-0.25, -0.2) is 8.78 Å². The number of hydrogen-bond acceptors (Lipinski definition) is 2. The molecule has 0 amide bonds. The fourth-order valence-electron chi connectivity index (χ4n) is 3.35. The molecule has 28 heavy (non-hydrogen) atoms. The number of benzene rings is 1. The van der Waals surface area contributed by atoms with Gasteiger partial charge in [0.05, 0.1) is 6.54 Å². The molecular formula is C19H27F5N4. The summed E-state index contributed by atoms with van der Waals surface area (Å²) in [6, 6.07) is 3.37. The van der Waals surface area contributed by atoms with Crippen LogP contribution in [0.2, 0.25) is 0 Å². The number of alkyl halides is 3. The SMILES string of the molecule is CN=C(NCCc1cc(F)ccc1F)NCCC1CCN(CC(F)(F)F)CC1. The van der Waals surface area contributed by atoms with Gasteiger partial charge in [0.25, 0.3) is 0 Å². The maximum Gasteiger partial charge on any atom is 0.401 e. The molecule has 1 aromatic carbocycles. The molecule has 2 rings (SSSR count). The van der Waals surface area contributed by atoms with Crippen LogP contribution in [0.25, 0.3) is 0 Å². The van der Waals surface area contributed by atoms with Gasteiger partial charge in [-0.2, -0.15) is 13.2 Å². The van der Waals surface area contributed by atoms with Gasteiger partial charge < -0.3 is 10.6 Å². The van der Waals surface area contributed by atoms with E-state index in [1.165, 1.54) is 11.0 Å². The number of nitrogens with one attached hydrogen (secondary N) is 2. The molecular weight excluding hydrogens is 379 g/mol. The summed E-state index contributed by atoms with van der Waals surface area (Å²) >= 11 is 0. The van der Waals surface area contributed by atoms with Gasteiger partial charge in [0.15, 0.2) is 5.96 Å². The lowest BCUT2D eigenvalue weighted by Crippen LogP contribution is -2.42. The lowest BCUT2D eigenvalue weighted by Gasteiger charge is -2.32. The molecule has 0 bridgehead atoms. The Morgan fingerprint density at radius 2 is 1.82 bits per heavy atom. The lowest BCUT2D eigenvalue weighted by atomic mass is 9.93. The largest absolute Gasteiger partial charge is 0.401 e. The van der Waals surface area contributed by atoms with Crippen LogP contribution >= 0.6 is 0 Å². The van der Waals surface area contributed by atoms with Crippen LogP contribution in [0, 0.1) is 17.6 Å². The summed E-state index contributed by atoms with van der Waals surface area (Å²) in [7, 11) is 1.62. The van der Waals surface area contributed by atoms with Crippen LogP contribution in [0.1, 0.15) is 24.8 Å². The molecule has 4 nitrogen and oxygen atoms in total. The van der Waals surface area contributed by atoms with Crippen LogP contribution in [-0.4, -0.2) is 56.8 Å². The van der Waals surface area contributed by atoms with E-state index in [0.29, 0.717) is 50.0 Å². The molecule has 1 aliphatic heterocycles. The van der Waals surface area contributed by atoms with Gasteiger partial charge >= 0.3 is 6.18 Å². The van der Waals surface area contributed by atoms with E-state index in [1.54, 1.807) is 7.05 Å². The summed E-state index contributed by atoms with van der Waals surface area (Å²) < 4.78 is 64.0. The van der Waals surface area contributed by atoms with Gasteiger partial charge in [0.1, 0.15) is 11.6 Å². The number of rotatable bonds is 7. The Balaban J connectivity index is 1.63. The summed E-state index contributed by atoms with van der Waals surface area (Å²) in [5.74, 6) is 0.0333. The van der Waals surface area contributed by atoms with Crippen LogP contribution in [0.5, 0.6) is 0 Å². The minimum absolute atomic E-state index is 0.300. The average molecular weight is 406 g/mol. The summed E-state index contributed by atoms with van der Waals surface area (Å²) in [5, 5.41) is 6.21. The number of halogens is 5. The monoisotopic (exact) mass is 406 g/mol. The van der Waals surface area contributed by atoms with Crippen molar-refractivity contribution in [1.29, 1.82) is 0 Å². The average Bonchev–Trinajstić information content (AvgIpc) is 2.63. The van der Waals surface area contributed by atoms with E-state index >= 15 is 0 Å². The third kappa shape index (κ3) is 8.00. The molecule has 1 aliphatic rings. The van der Waals surface area contributed by atoms with Crippen LogP contribution < -0.4 is 10.6 Å². The van der Waals surface area contributed by atoms with Crippen LogP contribution in [0.15, 0.2) is 23.2 Å². The second kappa shape index (κ2) is 10.6. The first-order valence-electron chi connectivity index (χ1n) is 9.44. The first-order chi connectivity index (χ1) is 13.3. The fraction of sp³-hybridized carbons (Fsp3) is 0.632. The first-order valence-corrected chi connectivity index (χ1v) is 9.44. The lowest BCUT2D eigenvalue weighted by molar-refractivity contribution is -0.148. The Labute approximate surface area is 162 Å². The van der Waals surface area contributed by atoms with Crippen molar-refractivity contribution in [2.45, 2.75) is 31.9 Å². The predicted molar refractivity (Wildman–Crippen MR) is 99.3 cm³/mol. The summed E-state index contributed by atoms with van der Waals surface area (Å²) in [6.07, 6.45) is -1.46. The molecule has 2 N–H and O–H groups in total. The van der Waals surface area contributed by atoms with Gasteiger partial charge in [-0.05, 0) is 68.5 Å². The van der Waals surface area contributed by atoms with E-state index in [4.69, 9.17) is 0 Å². The van der Waals surface area contributed by atoms with Crippen molar-refractivity contribution in [3.63, 3.8) is 0 Å². The van der Waals surface area contributed by atoms with Crippen LogP contribution in [-0.2, 0) is 6.42 Å². The minimum Gasteiger partial charge on any atom is -0.356 e. The maximum absolute atomic E-state index is 13.6. The Hall–Kier alpha value is -1.90. The Morgan fingerprint density at radius 3 is 2.46 bits per heavy atom. The maximum atomic E-state index is 13.6. The molecule has 0 aliphatic carbocycles. The molecule has 1 heterocycles. The second-order valence-electron chi connectivity index (χ2n) is 7.03. The van der Waals surface area contributed by atoms with E-state index < -0.39 is 24.4 Å². The number of hydrogen-bond donors (Lipinski definition) is 2. The van der Waals surface area contributed by atoms with Crippen molar-refractivity contribution in [3.05, 3.63) is 35.4 Å². The van der Waals surface area contributed by atoms with Gasteiger partial charge in [-0.1, -0.05) is 0 Å². The van der Waals surface area contributed by atoms with Crippen molar-refractivity contribution in [2.75, 3.05) is 39.8 Å². The summed E-state index contributed by atoms with van der Waals surface area (Å²) in [6.45, 7) is 1.15. The standard InChI is InChI=1S/C19H27F5N4/c1-25-18(27-9-5-15-12-16(20)2-3-17(15)21)26-8-4-14-6-10-28(11-7-14)13-19(22,23)24/h2-3,12,14H,4-11,13H2,1H3,(H2,25,26,27).